The summed E-state index contributed by atoms with van der Waals surface area (Å²) >= 11 is 0. The number of rotatable bonds is 6. The van der Waals surface area contributed by atoms with Crippen molar-refractivity contribution in [3.8, 4) is 0 Å². The van der Waals surface area contributed by atoms with E-state index in [4.69, 9.17) is 0 Å². The highest BCUT2D eigenvalue weighted by atomic mass is 16.3. The monoisotopic (exact) mass is 290 g/mol. The summed E-state index contributed by atoms with van der Waals surface area (Å²) in [5, 5.41) is 10.5. The minimum Gasteiger partial charge on any atom is -0.388 e. The lowest BCUT2D eigenvalue weighted by Gasteiger charge is -2.37. The van der Waals surface area contributed by atoms with Crippen LogP contribution in [0.5, 0.6) is 0 Å². The van der Waals surface area contributed by atoms with E-state index in [2.05, 4.69) is 30.7 Å². The highest BCUT2D eigenvalue weighted by molar-refractivity contribution is 5.17. The number of nitrogens with zero attached hydrogens (tertiary/aromatic N) is 2. The van der Waals surface area contributed by atoms with Gasteiger partial charge in [0.05, 0.1) is 6.10 Å². The van der Waals surface area contributed by atoms with Crippen molar-refractivity contribution >= 4 is 0 Å². The normalized spacial score (nSPS) is 20.6. The lowest BCUT2D eigenvalue weighted by atomic mass is 9.95. The van der Waals surface area contributed by atoms with Crippen LogP contribution in [0, 0.1) is 5.92 Å². The first-order chi connectivity index (χ1) is 10.1. The number of aliphatic hydroxyl groups excluding tert-OH is 1. The Morgan fingerprint density at radius 1 is 1.24 bits per heavy atom. The molecular weight excluding hydrogens is 260 g/mol. The fourth-order valence-corrected chi connectivity index (χ4v) is 3.36. The van der Waals surface area contributed by atoms with Crippen LogP contribution < -0.4 is 0 Å². The van der Waals surface area contributed by atoms with E-state index < -0.39 is 0 Å². The van der Waals surface area contributed by atoms with Crippen molar-refractivity contribution in [1.82, 2.24) is 9.80 Å². The SMILES string of the molecule is CCN1CCC(N(C)CC(C)C(O)c2ccccc2)CC1. The summed E-state index contributed by atoms with van der Waals surface area (Å²) in [7, 11) is 2.21. The number of piperidine rings is 1. The molecule has 2 unspecified atom stereocenters. The van der Waals surface area contributed by atoms with E-state index in [1.807, 2.05) is 30.3 Å². The van der Waals surface area contributed by atoms with Gasteiger partial charge < -0.3 is 14.9 Å². The quantitative estimate of drug-likeness (QED) is 0.873. The van der Waals surface area contributed by atoms with Gasteiger partial charge in [-0.25, -0.2) is 0 Å². The minimum absolute atomic E-state index is 0.251. The van der Waals surface area contributed by atoms with Crippen LogP contribution in [0.3, 0.4) is 0 Å². The lowest BCUT2D eigenvalue weighted by molar-refractivity contribution is 0.0664. The summed E-state index contributed by atoms with van der Waals surface area (Å²) in [4.78, 5) is 4.97. The summed E-state index contributed by atoms with van der Waals surface area (Å²) in [5.74, 6) is 0.251. The molecule has 0 aromatic heterocycles. The van der Waals surface area contributed by atoms with Crippen molar-refractivity contribution in [3.63, 3.8) is 0 Å². The fourth-order valence-electron chi connectivity index (χ4n) is 3.36. The number of hydrogen-bond acceptors (Lipinski definition) is 3. The zero-order chi connectivity index (χ0) is 15.2. The van der Waals surface area contributed by atoms with Gasteiger partial charge in [0.2, 0.25) is 0 Å². The van der Waals surface area contributed by atoms with Crippen LogP contribution in [0.2, 0.25) is 0 Å². The second-order valence-corrected chi connectivity index (χ2v) is 6.44. The second kappa shape index (κ2) is 7.92. The molecule has 2 rings (SSSR count). The third kappa shape index (κ3) is 4.53. The number of benzene rings is 1. The van der Waals surface area contributed by atoms with Gasteiger partial charge in [-0.2, -0.15) is 0 Å². The molecule has 1 aliphatic heterocycles. The molecule has 0 aliphatic carbocycles. The standard InChI is InChI=1S/C18H30N2O/c1-4-20-12-10-17(11-13-20)19(3)14-15(2)18(21)16-8-6-5-7-9-16/h5-9,15,17-18,21H,4,10-14H2,1-3H3. The van der Waals surface area contributed by atoms with Crippen LogP contribution in [-0.4, -0.2) is 54.2 Å². The van der Waals surface area contributed by atoms with Crippen LogP contribution in [0.25, 0.3) is 0 Å². The molecule has 2 atom stereocenters. The topological polar surface area (TPSA) is 26.7 Å². The van der Waals surface area contributed by atoms with E-state index in [1.165, 1.54) is 32.5 Å². The van der Waals surface area contributed by atoms with E-state index in [9.17, 15) is 5.11 Å². The maximum atomic E-state index is 10.5. The van der Waals surface area contributed by atoms with E-state index in [-0.39, 0.29) is 12.0 Å². The predicted octanol–water partition coefficient (Wildman–Crippen LogP) is 2.77. The summed E-state index contributed by atoms with van der Waals surface area (Å²) in [6, 6.07) is 10.7. The highest BCUT2D eigenvalue weighted by Gasteiger charge is 2.25. The maximum Gasteiger partial charge on any atom is 0.0827 e. The molecule has 118 valence electrons. The molecule has 1 aromatic carbocycles. The predicted molar refractivity (Wildman–Crippen MR) is 88.3 cm³/mol. The Morgan fingerprint density at radius 2 is 1.86 bits per heavy atom. The molecule has 0 spiro atoms. The van der Waals surface area contributed by atoms with Crippen LogP contribution in [-0.2, 0) is 0 Å². The van der Waals surface area contributed by atoms with Crippen molar-refractivity contribution in [1.29, 1.82) is 0 Å². The Kier molecular flexibility index (Phi) is 6.22. The Balaban J connectivity index is 1.83. The van der Waals surface area contributed by atoms with Gasteiger partial charge in [0.1, 0.15) is 0 Å². The summed E-state index contributed by atoms with van der Waals surface area (Å²) < 4.78 is 0. The Bertz CT molecular complexity index is 401. The zero-order valence-electron chi connectivity index (χ0n) is 13.7. The van der Waals surface area contributed by atoms with Crippen molar-refractivity contribution in [2.45, 2.75) is 38.8 Å². The summed E-state index contributed by atoms with van der Waals surface area (Å²) in [5.41, 5.74) is 1.03. The van der Waals surface area contributed by atoms with Crippen LogP contribution in [0.1, 0.15) is 38.4 Å². The third-order valence-electron chi connectivity index (χ3n) is 4.88. The molecule has 0 amide bonds. The first-order valence-electron chi connectivity index (χ1n) is 8.27. The first-order valence-corrected chi connectivity index (χ1v) is 8.27. The van der Waals surface area contributed by atoms with Gasteiger partial charge in [0.15, 0.2) is 0 Å². The minimum atomic E-state index is -0.371. The Morgan fingerprint density at radius 3 is 2.43 bits per heavy atom. The zero-order valence-corrected chi connectivity index (χ0v) is 13.7. The molecule has 1 N–H and O–H groups in total. The molecule has 1 fully saturated rings. The fraction of sp³-hybridized carbons (Fsp3) is 0.667. The molecule has 0 saturated carbocycles. The average molecular weight is 290 g/mol. The number of aliphatic hydroxyl groups is 1. The number of hydrogen-bond donors (Lipinski definition) is 1. The summed E-state index contributed by atoms with van der Waals surface area (Å²) in [6.07, 6.45) is 2.13. The van der Waals surface area contributed by atoms with Crippen molar-refractivity contribution in [2.24, 2.45) is 5.92 Å². The van der Waals surface area contributed by atoms with Gasteiger partial charge in [0.25, 0.3) is 0 Å². The van der Waals surface area contributed by atoms with E-state index in [0.29, 0.717) is 6.04 Å². The van der Waals surface area contributed by atoms with Gasteiger partial charge in [0, 0.05) is 12.6 Å². The van der Waals surface area contributed by atoms with E-state index in [0.717, 1.165) is 12.1 Å². The van der Waals surface area contributed by atoms with Gasteiger partial charge in [-0.15, -0.1) is 0 Å². The van der Waals surface area contributed by atoms with Crippen LogP contribution >= 0.6 is 0 Å². The summed E-state index contributed by atoms with van der Waals surface area (Å²) in [6.45, 7) is 8.92. The van der Waals surface area contributed by atoms with Gasteiger partial charge in [-0.1, -0.05) is 44.2 Å². The molecule has 1 heterocycles. The maximum absolute atomic E-state index is 10.5. The molecule has 21 heavy (non-hydrogen) atoms. The van der Waals surface area contributed by atoms with E-state index >= 15 is 0 Å². The second-order valence-electron chi connectivity index (χ2n) is 6.44. The molecule has 1 aliphatic rings. The largest absolute Gasteiger partial charge is 0.388 e. The molecule has 0 bridgehead atoms. The Labute approximate surface area is 129 Å². The van der Waals surface area contributed by atoms with Crippen LogP contribution in [0.4, 0.5) is 0 Å². The molecule has 3 heteroatoms. The Hall–Kier alpha value is -0.900. The van der Waals surface area contributed by atoms with Gasteiger partial charge >= 0.3 is 0 Å². The highest BCUT2D eigenvalue weighted by Crippen LogP contribution is 2.24. The van der Waals surface area contributed by atoms with Crippen molar-refractivity contribution < 1.29 is 5.11 Å². The van der Waals surface area contributed by atoms with Crippen molar-refractivity contribution in [3.05, 3.63) is 35.9 Å². The van der Waals surface area contributed by atoms with Gasteiger partial charge in [-0.3, -0.25) is 0 Å². The molecule has 1 aromatic rings. The van der Waals surface area contributed by atoms with E-state index in [1.54, 1.807) is 0 Å². The smallest absolute Gasteiger partial charge is 0.0827 e. The third-order valence-corrected chi connectivity index (χ3v) is 4.88. The van der Waals surface area contributed by atoms with Crippen LogP contribution in [0.15, 0.2) is 30.3 Å². The molecule has 3 nitrogen and oxygen atoms in total. The van der Waals surface area contributed by atoms with Gasteiger partial charge in [-0.05, 0) is 51.0 Å². The first kappa shape index (κ1) is 16.5. The number of likely N-dealkylation sites (tertiary alicyclic amines) is 1. The lowest BCUT2D eigenvalue weighted by Crippen LogP contribution is -2.44. The molecular formula is C18H30N2O. The average Bonchev–Trinajstić information content (AvgIpc) is 2.55. The van der Waals surface area contributed by atoms with Crippen molar-refractivity contribution in [2.75, 3.05) is 33.2 Å². The molecule has 1 saturated heterocycles. The molecule has 0 radical (unpaired) electrons.